The van der Waals surface area contributed by atoms with Crippen LogP contribution in [0.2, 0.25) is 0 Å². The molecule has 1 saturated heterocycles. The molecule has 0 bridgehead atoms. The average molecular weight is 170 g/mol. The van der Waals surface area contributed by atoms with E-state index < -0.39 is 0 Å². The van der Waals surface area contributed by atoms with Gasteiger partial charge < -0.3 is 11.1 Å². The molecule has 3 N–H and O–H groups in total. The van der Waals surface area contributed by atoms with E-state index in [-0.39, 0.29) is 5.91 Å². The molecular formula is C9H18N2O. The van der Waals surface area contributed by atoms with Crippen molar-refractivity contribution in [1.29, 1.82) is 0 Å². The predicted octanol–water partition coefficient (Wildman–Crippen LogP) is 0.784. The van der Waals surface area contributed by atoms with Gasteiger partial charge in [-0.05, 0) is 25.8 Å². The van der Waals surface area contributed by atoms with Gasteiger partial charge in [-0.1, -0.05) is 12.8 Å². The minimum absolute atomic E-state index is 0.202. The van der Waals surface area contributed by atoms with Gasteiger partial charge in [-0.2, -0.15) is 0 Å². The molecule has 1 rings (SSSR count). The molecular weight excluding hydrogens is 152 g/mol. The van der Waals surface area contributed by atoms with Crippen LogP contribution in [0.15, 0.2) is 0 Å². The Morgan fingerprint density at radius 1 is 1.42 bits per heavy atom. The molecule has 1 unspecified atom stereocenters. The van der Waals surface area contributed by atoms with E-state index in [0.29, 0.717) is 19.0 Å². The molecule has 0 aromatic carbocycles. The van der Waals surface area contributed by atoms with E-state index in [4.69, 9.17) is 5.73 Å². The summed E-state index contributed by atoms with van der Waals surface area (Å²) in [5.74, 6) is 0.202. The smallest absolute Gasteiger partial charge is 0.220 e. The monoisotopic (exact) mass is 170 g/mol. The fraction of sp³-hybridized carbons (Fsp3) is 0.889. The highest BCUT2D eigenvalue weighted by molar-refractivity contribution is 5.76. The Morgan fingerprint density at radius 2 is 2.25 bits per heavy atom. The van der Waals surface area contributed by atoms with Crippen LogP contribution in [-0.2, 0) is 4.79 Å². The normalized spacial score (nSPS) is 25.8. The zero-order chi connectivity index (χ0) is 8.81. The first-order valence-electron chi connectivity index (χ1n) is 4.82. The molecule has 3 nitrogen and oxygen atoms in total. The number of nitrogens with two attached hydrogens (primary N) is 1. The minimum Gasteiger partial charge on any atom is -0.353 e. The van der Waals surface area contributed by atoms with Crippen LogP contribution in [-0.4, -0.2) is 18.5 Å². The first-order chi connectivity index (χ1) is 5.83. The van der Waals surface area contributed by atoms with E-state index in [2.05, 4.69) is 5.32 Å². The summed E-state index contributed by atoms with van der Waals surface area (Å²) in [4.78, 5) is 11.2. The molecule has 1 heterocycles. The highest BCUT2D eigenvalue weighted by atomic mass is 16.1. The highest BCUT2D eigenvalue weighted by Crippen LogP contribution is 2.11. The second-order valence-electron chi connectivity index (χ2n) is 3.44. The molecule has 1 atom stereocenters. The zero-order valence-corrected chi connectivity index (χ0v) is 7.51. The van der Waals surface area contributed by atoms with Crippen molar-refractivity contribution in [2.75, 3.05) is 6.54 Å². The Morgan fingerprint density at radius 3 is 3.00 bits per heavy atom. The molecule has 0 aromatic heterocycles. The number of hydrogen-bond donors (Lipinski definition) is 2. The lowest BCUT2D eigenvalue weighted by Gasteiger charge is -2.20. The minimum atomic E-state index is 0.202. The Bertz CT molecular complexity index is 147. The molecule has 1 aliphatic rings. The molecule has 0 spiro atoms. The van der Waals surface area contributed by atoms with Gasteiger partial charge in [0.1, 0.15) is 0 Å². The average Bonchev–Trinajstić information content (AvgIpc) is 2.00. The van der Waals surface area contributed by atoms with Crippen LogP contribution in [0.25, 0.3) is 0 Å². The molecule has 0 radical (unpaired) electrons. The summed E-state index contributed by atoms with van der Waals surface area (Å²) in [5, 5.41) is 3.00. The van der Waals surface area contributed by atoms with Crippen molar-refractivity contribution in [3.8, 4) is 0 Å². The van der Waals surface area contributed by atoms with Gasteiger partial charge in [0.05, 0.1) is 0 Å². The number of rotatable bonds is 2. The third-order valence-electron chi connectivity index (χ3n) is 2.34. The van der Waals surface area contributed by atoms with Gasteiger partial charge in [0.2, 0.25) is 5.91 Å². The third kappa shape index (κ3) is 3.22. The molecule has 12 heavy (non-hydrogen) atoms. The van der Waals surface area contributed by atoms with E-state index in [1.807, 2.05) is 0 Å². The van der Waals surface area contributed by atoms with Crippen LogP contribution in [0.5, 0.6) is 0 Å². The molecule has 1 aliphatic heterocycles. The second-order valence-corrected chi connectivity index (χ2v) is 3.44. The maximum atomic E-state index is 11.2. The van der Waals surface area contributed by atoms with Crippen LogP contribution in [0, 0.1) is 0 Å². The summed E-state index contributed by atoms with van der Waals surface area (Å²) in [7, 11) is 0. The van der Waals surface area contributed by atoms with E-state index in [1.165, 1.54) is 12.8 Å². The van der Waals surface area contributed by atoms with Crippen molar-refractivity contribution in [1.82, 2.24) is 5.32 Å². The lowest BCUT2D eigenvalue weighted by Crippen LogP contribution is -2.37. The van der Waals surface area contributed by atoms with Crippen molar-refractivity contribution in [3.05, 3.63) is 0 Å². The Kier molecular flexibility index (Phi) is 4.08. The van der Waals surface area contributed by atoms with Gasteiger partial charge in [0, 0.05) is 12.5 Å². The molecule has 70 valence electrons. The van der Waals surface area contributed by atoms with Crippen molar-refractivity contribution in [2.24, 2.45) is 5.73 Å². The largest absolute Gasteiger partial charge is 0.353 e. The first kappa shape index (κ1) is 9.52. The van der Waals surface area contributed by atoms with Crippen molar-refractivity contribution >= 4 is 5.91 Å². The Hall–Kier alpha value is -0.570. The Balaban J connectivity index is 2.33. The van der Waals surface area contributed by atoms with Gasteiger partial charge in [-0.3, -0.25) is 4.79 Å². The number of carbonyl (C=O) groups is 1. The lowest BCUT2D eigenvalue weighted by atomic mass is 10.0. The number of hydrogen-bond acceptors (Lipinski definition) is 2. The molecule has 1 amide bonds. The quantitative estimate of drug-likeness (QED) is 0.643. The lowest BCUT2D eigenvalue weighted by molar-refractivity contribution is -0.122. The van der Waals surface area contributed by atoms with Crippen molar-refractivity contribution in [2.45, 2.75) is 44.6 Å². The highest BCUT2D eigenvalue weighted by Gasteiger charge is 2.13. The SMILES string of the molecule is NCCC1CCCCCC(=O)N1. The third-order valence-corrected chi connectivity index (χ3v) is 2.34. The van der Waals surface area contributed by atoms with E-state index in [1.54, 1.807) is 0 Å². The van der Waals surface area contributed by atoms with Gasteiger partial charge in [0.15, 0.2) is 0 Å². The van der Waals surface area contributed by atoms with Crippen LogP contribution in [0.4, 0.5) is 0 Å². The van der Waals surface area contributed by atoms with E-state index in [0.717, 1.165) is 19.3 Å². The van der Waals surface area contributed by atoms with Gasteiger partial charge >= 0.3 is 0 Å². The topological polar surface area (TPSA) is 55.1 Å². The first-order valence-corrected chi connectivity index (χ1v) is 4.82. The second kappa shape index (κ2) is 5.14. The summed E-state index contributed by atoms with van der Waals surface area (Å²) in [6, 6.07) is 0.336. The molecule has 0 aromatic rings. The van der Waals surface area contributed by atoms with Crippen LogP contribution in [0.3, 0.4) is 0 Å². The van der Waals surface area contributed by atoms with Gasteiger partial charge in [-0.15, -0.1) is 0 Å². The number of amides is 1. The van der Waals surface area contributed by atoms with E-state index >= 15 is 0 Å². The molecule has 0 saturated carbocycles. The number of nitrogens with one attached hydrogen (secondary N) is 1. The fourth-order valence-electron chi connectivity index (χ4n) is 1.64. The van der Waals surface area contributed by atoms with Gasteiger partial charge in [0.25, 0.3) is 0 Å². The van der Waals surface area contributed by atoms with Gasteiger partial charge in [-0.25, -0.2) is 0 Å². The van der Waals surface area contributed by atoms with Crippen LogP contribution >= 0.6 is 0 Å². The number of carbonyl (C=O) groups excluding carboxylic acids is 1. The Labute approximate surface area is 73.7 Å². The maximum absolute atomic E-state index is 11.2. The van der Waals surface area contributed by atoms with E-state index in [9.17, 15) is 4.79 Å². The fourth-order valence-corrected chi connectivity index (χ4v) is 1.64. The van der Waals surface area contributed by atoms with Crippen LogP contribution < -0.4 is 11.1 Å². The molecule has 1 fully saturated rings. The summed E-state index contributed by atoms with van der Waals surface area (Å²) >= 11 is 0. The predicted molar refractivity (Wildman–Crippen MR) is 48.7 cm³/mol. The van der Waals surface area contributed by atoms with Crippen LogP contribution in [0.1, 0.15) is 38.5 Å². The maximum Gasteiger partial charge on any atom is 0.220 e. The standard InChI is InChI=1S/C9H18N2O/c10-7-6-8-4-2-1-3-5-9(12)11-8/h8H,1-7,10H2,(H,11,12). The zero-order valence-electron chi connectivity index (χ0n) is 7.51. The summed E-state index contributed by atoms with van der Waals surface area (Å²) in [6.07, 6.45) is 6.18. The van der Waals surface area contributed by atoms with Crippen molar-refractivity contribution in [3.63, 3.8) is 0 Å². The summed E-state index contributed by atoms with van der Waals surface area (Å²) < 4.78 is 0. The summed E-state index contributed by atoms with van der Waals surface area (Å²) in [5.41, 5.74) is 5.44. The van der Waals surface area contributed by atoms with Crippen molar-refractivity contribution < 1.29 is 4.79 Å². The molecule has 3 heteroatoms. The molecule has 0 aliphatic carbocycles. The summed E-state index contributed by atoms with van der Waals surface area (Å²) in [6.45, 7) is 0.672.